The second-order valence-electron chi connectivity index (χ2n) is 5.30. The van der Waals surface area contributed by atoms with Crippen LogP contribution in [0.3, 0.4) is 0 Å². The fourth-order valence-electron chi connectivity index (χ4n) is 2.32. The number of fused-ring (bicyclic) bond motifs is 1. The molecule has 1 aromatic heterocycles. The van der Waals surface area contributed by atoms with Gasteiger partial charge in [0.05, 0.1) is 28.0 Å². The van der Waals surface area contributed by atoms with Crippen molar-refractivity contribution in [2.75, 3.05) is 0 Å². The number of carbonyl (C=O) groups is 1. The van der Waals surface area contributed by atoms with E-state index in [1.165, 1.54) is 6.21 Å². The third-order valence-corrected chi connectivity index (χ3v) is 4.62. The van der Waals surface area contributed by atoms with Gasteiger partial charge in [0.15, 0.2) is 0 Å². The van der Waals surface area contributed by atoms with Crippen LogP contribution in [0.25, 0.3) is 11.0 Å². The number of carbonyl (C=O) groups excluding carboxylic acids is 1. The fraction of sp³-hybridized carbons (Fsp3) is 0.118. The highest BCUT2D eigenvalue weighted by atomic mass is 79.9. The zero-order valence-corrected chi connectivity index (χ0v) is 16.2. The highest BCUT2D eigenvalue weighted by Gasteiger charge is 2.07. The number of aromatic nitrogens is 2. The lowest BCUT2D eigenvalue weighted by Gasteiger charge is -2.04. The molecule has 0 saturated heterocycles. The first-order valence-corrected chi connectivity index (χ1v) is 9.03. The van der Waals surface area contributed by atoms with Crippen LogP contribution >= 0.6 is 31.9 Å². The van der Waals surface area contributed by atoms with Crippen molar-refractivity contribution < 1.29 is 9.90 Å². The van der Waals surface area contributed by atoms with Crippen LogP contribution in [0.4, 0.5) is 0 Å². The molecule has 0 unspecified atom stereocenters. The molecule has 0 bridgehead atoms. The van der Waals surface area contributed by atoms with E-state index < -0.39 is 0 Å². The number of hydrogen-bond acceptors (Lipinski definition) is 4. The third kappa shape index (κ3) is 4.26. The Bertz CT molecular complexity index is 953. The van der Waals surface area contributed by atoms with Crippen molar-refractivity contribution in [3.63, 3.8) is 0 Å². The summed E-state index contributed by atoms with van der Waals surface area (Å²) < 4.78 is 3.26. The van der Waals surface area contributed by atoms with Gasteiger partial charge < -0.3 is 9.67 Å². The summed E-state index contributed by atoms with van der Waals surface area (Å²) in [5, 5.41) is 13.8. The second-order valence-corrected chi connectivity index (χ2v) is 7.07. The molecule has 2 aromatic carbocycles. The third-order valence-electron chi connectivity index (χ3n) is 3.56. The number of phenolic OH excluding ortho intramolecular Hbond substituents is 1. The molecule has 0 atom stereocenters. The van der Waals surface area contributed by atoms with Crippen molar-refractivity contribution in [3.8, 4) is 5.75 Å². The number of phenols is 1. The van der Waals surface area contributed by atoms with E-state index in [9.17, 15) is 9.90 Å². The maximum atomic E-state index is 11.9. The summed E-state index contributed by atoms with van der Waals surface area (Å²) in [6, 6.07) is 11.2. The molecule has 1 heterocycles. The fourth-order valence-corrected chi connectivity index (χ4v) is 3.58. The lowest BCUT2D eigenvalue weighted by Crippen LogP contribution is -2.19. The van der Waals surface area contributed by atoms with Gasteiger partial charge in [0.2, 0.25) is 5.91 Å². The Kier molecular flexibility index (Phi) is 5.50. The van der Waals surface area contributed by atoms with E-state index in [-0.39, 0.29) is 18.1 Å². The first-order valence-electron chi connectivity index (χ1n) is 7.44. The van der Waals surface area contributed by atoms with E-state index in [2.05, 4.69) is 47.4 Å². The first kappa shape index (κ1) is 17.6. The quantitative estimate of drug-likeness (QED) is 0.444. The number of halogens is 2. The van der Waals surface area contributed by atoms with Crippen LogP contribution in [0, 0.1) is 0 Å². The number of imidazole rings is 1. The molecule has 3 aromatic rings. The molecule has 0 aliphatic heterocycles. The molecule has 6 nitrogen and oxygen atoms in total. The van der Waals surface area contributed by atoms with Crippen LogP contribution in [0.15, 0.2) is 56.8 Å². The number of benzene rings is 2. The average Bonchev–Trinajstić information content (AvgIpc) is 3.00. The lowest BCUT2D eigenvalue weighted by molar-refractivity contribution is -0.121. The molecule has 0 spiro atoms. The Morgan fingerprint density at radius 1 is 1.32 bits per heavy atom. The van der Waals surface area contributed by atoms with Crippen molar-refractivity contribution in [2.45, 2.75) is 13.0 Å². The minimum atomic E-state index is -0.220. The molecule has 3 rings (SSSR count). The second kappa shape index (κ2) is 7.79. The minimum absolute atomic E-state index is 0.0612. The largest absolute Gasteiger partial charge is 0.506 e. The molecule has 0 aliphatic carbocycles. The molecule has 25 heavy (non-hydrogen) atoms. The van der Waals surface area contributed by atoms with E-state index in [1.54, 1.807) is 18.5 Å². The van der Waals surface area contributed by atoms with Gasteiger partial charge in [-0.2, -0.15) is 5.10 Å². The predicted octanol–water partition coefficient (Wildman–Crippen LogP) is 3.81. The van der Waals surface area contributed by atoms with Gasteiger partial charge in [-0.1, -0.05) is 28.1 Å². The van der Waals surface area contributed by atoms with E-state index in [0.29, 0.717) is 16.6 Å². The van der Waals surface area contributed by atoms with Crippen molar-refractivity contribution in [2.24, 2.45) is 5.10 Å². The smallest absolute Gasteiger partial charge is 0.241 e. The monoisotopic (exact) mass is 464 g/mol. The minimum Gasteiger partial charge on any atom is -0.506 e. The van der Waals surface area contributed by atoms with Crippen LogP contribution in [0.1, 0.15) is 12.0 Å². The Balaban J connectivity index is 1.58. The van der Waals surface area contributed by atoms with Crippen LogP contribution in [-0.2, 0) is 11.3 Å². The van der Waals surface area contributed by atoms with Gasteiger partial charge in [-0.25, -0.2) is 10.4 Å². The summed E-state index contributed by atoms with van der Waals surface area (Å²) in [6.07, 6.45) is 3.39. The Hall–Kier alpha value is -2.19. The van der Waals surface area contributed by atoms with Crippen molar-refractivity contribution in [1.29, 1.82) is 0 Å². The van der Waals surface area contributed by atoms with Gasteiger partial charge in [-0.3, -0.25) is 4.79 Å². The Labute approximate surface area is 160 Å². The van der Waals surface area contributed by atoms with E-state index >= 15 is 0 Å². The molecular formula is C17H14Br2N4O2. The standard InChI is InChI=1S/C17H14Br2N4O2/c18-12-7-11(17(25)13(19)8-12)9-21-22-16(24)5-6-23-10-20-14-3-1-2-4-15(14)23/h1-4,7-10,25H,5-6H2,(H,22,24)/b21-9-. The van der Waals surface area contributed by atoms with Gasteiger partial charge in [-0.05, 0) is 40.2 Å². The molecule has 128 valence electrons. The summed E-state index contributed by atoms with van der Waals surface area (Å²) in [7, 11) is 0. The van der Waals surface area contributed by atoms with E-state index in [1.807, 2.05) is 28.8 Å². The number of nitrogens with one attached hydrogen (secondary N) is 1. The van der Waals surface area contributed by atoms with Gasteiger partial charge in [0.1, 0.15) is 5.75 Å². The normalized spacial score (nSPS) is 11.3. The molecule has 0 aliphatic rings. The number of hydrogen-bond donors (Lipinski definition) is 2. The van der Waals surface area contributed by atoms with Crippen LogP contribution in [-0.4, -0.2) is 26.8 Å². The number of amides is 1. The predicted molar refractivity (Wildman–Crippen MR) is 104 cm³/mol. The molecule has 1 amide bonds. The number of rotatable bonds is 5. The topological polar surface area (TPSA) is 79.5 Å². The molecule has 0 radical (unpaired) electrons. The number of aromatic hydroxyl groups is 1. The van der Waals surface area contributed by atoms with E-state index in [4.69, 9.17) is 0 Å². The van der Waals surface area contributed by atoms with Crippen molar-refractivity contribution in [1.82, 2.24) is 15.0 Å². The van der Waals surface area contributed by atoms with Crippen LogP contribution in [0.5, 0.6) is 5.75 Å². The summed E-state index contributed by atoms with van der Waals surface area (Å²) in [5.41, 5.74) is 4.84. The summed E-state index contributed by atoms with van der Waals surface area (Å²) in [6.45, 7) is 0.509. The van der Waals surface area contributed by atoms with Crippen LogP contribution < -0.4 is 5.43 Å². The number of aryl methyl sites for hydroxylation is 1. The molecule has 0 fully saturated rings. The van der Waals surface area contributed by atoms with Crippen molar-refractivity contribution in [3.05, 3.63) is 57.2 Å². The lowest BCUT2D eigenvalue weighted by atomic mass is 10.2. The first-order chi connectivity index (χ1) is 12.0. The molecule has 2 N–H and O–H groups in total. The number of hydrazone groups is 1. The maximum absolute atomic E-state index is 11.9. The summed E-state index contributed by atoms with van der Waals surface area (Å²) in [4.78, 5) is 16.2. The zero-order valence-electron chi connectivity index (χ0n) is 13.0. The average molecular weight is 466 g/mol. The SMILES string of the molecule is O=C(CCn1cnc2ccccc21)N/N=C\c1cc(Br)cc(Br)c1O. The number of para-hydroxylation sites is 2. The molecule has 0 saturated carbocycles. The van der Waals surface area contributed by atoms with Gasteiger partial charge >= 0.3 is 0 Å². The molecule has 8 heteroatoms. The maximum Gasteiger partial charge on any atom is 0.241 e. The number of nitrogens with zero attached hydrogens (tertiary/aromatic N) is 3. The van der Waals surface area contributed by atoms with Gasteiger partial charge in [0, 0.05) is 23.0 Å². The highest BCUT2D eigenvalue weighted by Crippen LogP contribution is 2.30. The molecular weight excluding hydrogens is 452 g/mol. The van der Waals surface area contributed by atoms with Gasteiger partial charge in [-0.15, -0.1) is 0 Å². The summed E-state index contributed by atoms with van der Waals surface area (Å²) >= 11 is 6.58. The highest BCUT2D eigenvalue weighted by molar-refractivity contribution is 9.11. The zero-order chi connectivity index (χ0) is 17.8. The summed E-state index contributed by atoms with van der Waals surface area (Å²) in [5.74, 6) is -0.159. The van der Waals surface area contributed by atoms with Crippen molar-refractivity contribution >= 4 is 55.0 Å². The van der Waals surface area contributed by atoms with Crippen LogP contribution in [0.2, 0.25) is 0 Å². The Morgan fingerprint density at radius 2 is 2.12 bits per heavy atom. The Morgan fingerprint density at radius 3 is 2.96 bits per heavy atom. The van der Waals surface area contributed by atoms with E-state index in [0.717, 1.165) is 15.5 Å². The van der Waals surface area contributed by atoms with Gasteiger partial charge in [0.25, 0.3) is 0 Å².